The summed E-state index contributed by atoms with van der Waals surface area (Å²) in [6.45, 7) is 14.3. The van der Waals surface area contributed by atoms with E-state index in [-0.39, 0.29) is 30.9 Å². The molecule has 250 valence electrons. The largest absolute Gasteiger partial charge is 0.444 e. The number of benzene rings is 1. The summed E-state index contributed by atoms with van der Waals surface area (Å²) in [5, 5.41) is 2.33. The van der Waals surface area contributed by atoms with E-state index < -0.39 is 17.6 Å². The van der Waals surface area contributed by atoms with Crippen molar-refractivity contribution in [3.63, 3.8) is 0 Å². The molecule has 12 heteroatoms. The average molecular weight is 638 g/mol. The highest BCUT2D eigenvalue weighted by molar-refractivity contribution is 6.05. The second kappa shape index (κ2) is 15.4. The smallest absolute Gasteiger partial charge is 0.410 e. The Morgan fingerprint density at radius 3 is 2.41 bits per heavy atom. The SMILES string of the molecule is CC(C)(C)OC(=O)N1CCC(N2CCN(CCOCCOCC#Cc3cccc4c3CN(C3CCC(=O)NC3=O)C4=O)CC2)CC1. The van der Waals surface area contributed by atoms with Gasteiger partial charge < -0.3 is 24.0 Å². The predicted molar refractivity (Wildman–Crippen MR) is 170 cm³/mol. The predicted octanol–water partition coefficient (Wildman–Crippen LogP) is 1.85. The summed E-state index contributed by atoms with van der Waals surface area (Å²) >= 11 is 0. The topological polar surface area (TPSA) is 121 Å². The summed E-state index contributed by atoms with van der Waals surface area (Å²) in [6, 6.07) is 5.29. The second-order valence-corrected chi connectivity index (χ2v) is 13.3. The van der Waals surface area contributed by atoms with Crippen LogP contribution < -0.4 is 5.32 Å². The molecule has 3 saturated heterocycles. The summed E-state index contributed by atoms with van der Waals surface area (Å²) < 4.78 is 17.0. The van der Waals surface area contributed by atoms with Crippen molar-refractivity contribution in [2.45, 2.75) is 70.7 Å². The first-order chi connectivity index (χ1) is 22.1. The van der Waals surface area contributed by atoms with Gasteiger partial charge in [0.1, 0.15) is 18.2 Å². The first kappa shape index (κ1) is 33.9. The summed E-state index contributed by atoms with van der Waals surface area (Å²) in [5.41, 5.74) is 1.63. The Morgan fingerprint density at radius 1 is 0.957 bits per heavy atom. The molecule has 1 N–H and O–H groups in total. The Hall–Kier alpha value is -3.50. The molecule has 12 nitrogen and oxygen atoms in total. The lowest BCUT2D eigenvalue weighted by molar-refractivity contribution is -0.136. The fourth-order valence-electron chi connectivity index (χ4n) is 6.46. The van der Waals surface area contributed by atoms with Crippen molar-refractivity contribution < 1.29 is 33.4 Å². The zero-order valence-electron chi connectivity index (χ0n) is 27.3. The first-order valence-electron chi connectivity index (χ1n) is 16.4. The van der Waals surface area contributed by atoms with Crippen LogP contribution in [-0.4, -0.2) is 133 Å². The zero-order valence-corrected chi connectivity index (χ0v) is 27.3. The van der Waals surface area contributed by atoms with Crippen molar-refractivity contribution >= 4 is 23.8 Å². The van der Waals surface area contributed by atoms with Gasteiger partial charge in [0.05, 0.1) is 19.8 Å². The van der Waals surface area contributed by atoms with E-state index in [0.29, 0.717) is 44.4 Å². The molecule has 0 aliphatic carbocycles. The molecular weight excluding hydrogens is 590 g/mol. The molecule has 0 radical (unpaired) electrons. The molecule has 1 aromatic carbocycles. The minimum Gasteiger partial charge on any atom is -0.444 e. The lowest BCUT2D eigenvalue weighted by Crippen LogP contribution is -2.54. The maximum Gasteiger partial charge on any atom is 0.410 e. The van der Waals surface area contributed by atoms with Crippen LogP contribution in [0.4, 0.5) is 4.79 Å². The lowest BCUT2D eigenvalue weighted by atomic mass is 10.0. The van der Waals surface area contributed by atoms with E-state index in [9.17, 15) is 19.2 Å². The maximum atomic E-state index is 13.0. The van der Waals surface area contributed by atoms with Gasteiger partial charge in [-0.15, -0.1) is 0 Å². The molecule has 0 aromatic heterocycles. The van der Waals surface area contributed by atoms with Crippen LogP contribution >= 0.6 is 0 Å². The Labute approximate surface area is 271 Å². The van der Waals surface area contributed by atoms with Crippen molar-refractivity contribution in [2.24, 2.45) is 0 Å². The molecule has 5 rings (SSSR count). The normalized spacial score (nSPS) is 21.5. The number of carbonyl (C=O) groups excluding carboxylic acids is 4. The fourth-order valence-corrected chi connectivity index (χ4v) is 6.46. The van der Waals surface area contributed by atoms with Gasteiger partial charge >= 0.3 is 6.09 Å². The number of nitrogens with one attached hydrogen (secondary N) is 1. The number of amides is 4. The third-order valence-corrected chi connectivity index (χ3v) is 8.94. The quantitative estimate of drug-likeness (QED) is 0.246. The van der Waals surface area contributed by atoms with Crippen molar-refractivity contribution in [2.75, 3.05) is 72.2 Å². The molecule has 4 aliphatic rings. The van der Waals surface area contributed by atoms with E-state index in [1.165, 1.54) is 4.90 Å². The van der Waals surface area contributed by atoms with E-state index >= 15 is 0 Å². The van der Waals surface area contributed by atoms with Gasteiger partial charge in [0, 0.05) is 75.9 Å². The van der Waals surface area contributed by atoms with E-state index in [0.717, 1.165) is 69.8 Å². The fraction of sp³-hybridized carbons (Fsp3) is 0.647. The van der Waals surface area contributed by atoms with Crippen molar-refractivity contribution in [3.05, 3.63) is 34.9 Å². The molecule has 1 aromatic rings. The Bertz CT molecular complexity index is 1330. The molecule has 1 unspecified atom stereocenters. The van der Waals surface area contributed by atoms with Gasteiger partial charge in [-0.2, -0.15) is 0 Å². The van der Waals surface area contributed by atoms with Gasteiger partial charge in [-0.05, 0) is 57.7 Å². The van der Waals surface area contributed by atoms with Crippen molar-refractivity contribution in [3.8, 4) is 11.8 Å². The third kappa shape index (κ3) is 8.85. The number of hydrogen-bond donors (Lipinski definition) is 1. The molecule has 4 amide bonds. The summed E-state index contributed by atoms with van der Waals surface area (Å²) in [7, 11) is 0. The minimum absolute atomic E-state index is 0.204. The number of carbonyl (C=O) groups is 4. The lowest BCUT2D eigenvalue weighted by Gasteiger charge is -2.42. The summed E-state index contributed by atoms with van der Waals surface area (Å²) in [4.78, 5) is 57.5. The monoisotopic (exact) mass is 637 g/mol. The van der Waals surface area contributed by atoms with Crippen LogP contribution in [0.3, 0.4) is 0 Å². The molecule has 0 bridgehead atoms. The molecule has 46 heavy (non-hydrogen) atoms. The average Bonchev–Trinajstić information content (AvgIpc) is 3.36. The van der Waals surface area contributed by atoms with Crippen LogP contribution in [0.5, 0.6) is 0 Å². The number of rotatable bonds is 9. The number of fused-ring (bicyclic) bond motifs is 1. The highest BCUT2D eigenvalue weighted by atomic mass is 16.6. The molecular formula is C34H47N5O7. The zero-order chi connectivity index (χ0) is 32.7. The Morgan fingerprint density at radius 2 is 1.70 bits per heavy atom. The second-order valence-electron chi connectivity index (χ2n) is 13.3. The number of likely N-dealkylation sites (tertiary alicyclic amines) is 1. The van der Waals surface area contributed by atoms with E-state index in [1.54, 1.807) is 12.1 Å². The summed E-state index contributed by atoms with van der Waals surface area (Å²) in [6.07, 6.45) is 2.33. The Kier molecular flexibility index (Phi) is 11.3. The number of nitrogens with zero attached hydrogens (tertiary/aromatic N) is 4. The number of piperidine rings is 2. The Balaban J connectivity index is 0.931. The molecule has 4 heterocycles. The van der Waals surface area contributed by atoms with Crippen molar-refractivity contribution in [1.29, 1.82) is 0 Å². The first-order valence-corrected chi connectivity index (χ1v) is 16.4. The molecule has 3 fully saturated rings. The van der Waals surface area contributed by atoms with E-state index in [4.69, 9.17) is 14.2 Å². The number of imide groups is 1. The summed E-state index contributed by atoms with van der Waals surface area (Å²) in [5.74, 6) is 5.20. The van der Waals surface area contributed by atoms with E-state index in [2.05, 4.69) is 27.0 Å². The molecule has 0 saturated carbocycles. The van der Waals surface area contributed by atoms with Crippen LogP contribution in [0.2, 0.25) is 0 Å². The van der Waals surface area contributed by atoms with Gasteiger partial charge in [-0.1, -0.05) is 17.9 Å². The number of piperazine rings is 1. The van der Waals surface area contributed by atoms with Gasteiger partial charge in [0.2, 0.25) is 11.8 Å². The molecule has 4 aliphatic heterocycles. The van der Waals surface area contributed by atoms with Crippen LogP contribution in [0.15, 0.2) is 18.2 Å². The van der Waals surface area contributed by atoms with Gasteiger partial charge in [0.25, 0.3) is 5.91 Å². The van der Waals surface area contributed by atoms with Gasteiger partial charge in [-0.3, -0.25) is 29.5 Å². The standard InChI is InChI=1S/C34H47N5O7/c1-34(2,3)46-33(43)38-13-11-26(12-14-38)37-17-15-36(16-18-37)19-21-45-23-22-44-20-5-7-25-6-4-8-27-28(25)24-39(32(27)42)29-9-10-30(40)35-31(29)41/h4,6,8,26,29H,9-24H2,1-3H3,(H,35,40,41). The molecule has 1 atom stereocenters. The molecule has 0 spiro atoms. The van der Waals surface area contributed by atoms with Crippen LogP contribution in [-0.2, 0) is 30.3 Å². The maximum absolute atomic E-state index is 13.0. The van der Waals surface area contributed by atoms with Gasteiger partial charge in [-0.25, -0.2) is 4.79 Å². The number of ether oxygens (including phenoxy) is 3. The van der Waals surface area contributed by atoms with Crippen LogP contribution in [0.1, 0.15) is 67.9 Å². The highest BCUT2D eigenvalue weighted by Gasteiger charge is 2.39. The van der Waals surface area contributed by atoms with E-state index in [1.807, 2.05) is 31.7 Å². The van der Waals surface area contributed by atoms with Crippen LogP contribution in [0, 0.1) is 11.8 Å². The van der Waals surface area contributed by atoms with Crippen LogP contribution in [0.25, 0.3) is 0 Å². The third-order valence-electron chi connectivity index (χ3n) is 8.94. The minimum atomic E-state index is -0.645. The van der Waals surface area contributed by atoms with Gasteiger partial charge in [0.15, 0.2) is 0 Å². The highest BCUT2D eigenvalue weighted by Crippen LogP contribution is 2.29. The van der Waals surface area contributed by atoms with Crippen molar-refractivity contribution in [1.82, 2.24) is 24.9 Å². The number of hydrogen-bond acceptors (Lipinski definition) is 9.